The number of hydrogen-bond donors (Lipinski definition) is 1. The summed E-state index contributed by atoms with van der Waals surface area (Å²) in [7, 11) is 0. The first-order valence-electron chi connectivity index (χ1n) is 7.04. The molecular formula is C14H26N2O2. The van der Waals surface area contributed by atoms with E-state index in [1.54, 1.807) is 0 Å². The predicted octanol–water partition coefficient (Wildman–Crippen LogP) is 1.09. The largest absolute Gasteiger partial charge is 0.390 e. The van der Waals surface area contributed by atoms with E-state index in [-0.39, 0.29) is 5.41 Å². The number of carbonyl (C=O) groups excluding carboxylic acids is 1. The normalized spacial score (nSPS) is 33.1. The Morgan fingerprint density at radius 3 is 2.50 bits per heavy atom. The Balaban J connectivity index is 1.83. The molecule has 104 valence electrons. The minimum Gasteiger partial charge on any atom is -0.390 e. The second-order valence-corrected chi connectivity index (χ2v) is 6.67. The zero-order valence-corrected chi connectivity index (χ0v) is 11.9. The summed E-state index contributed by atoms with van der Waals surface area (Å²) in [4.78, 5) is 15.9. The third-order valence-corrected chi connectivity index (χ3v) is 4.85. The molecule has 1 amide bonds. The molecule has 2 saturated heterocycles. The van der Waals surface area contributed by atoms with E-state index >= 15 is 0 Å². The van der Waals surface area contributed by atoms with E-state index in [9.17, 15) is 9.90 Å². The number of carbonyl (C=O) groups is 1. The lowest BCUT2D eigenvalue weighted by Crippen LogP contribution is -2.56. The van der Waals surface area contributed by atoms with Gasteiger partial charge in [0.05, 0.1) is 5.60 Å². The smallest absolute Gasteiger partial charge is 0.222 e. The maximum atomic E-state index is 11.5. The molecular weight excluding hydrogens is 228 g/mol. The first kappa shape index (κ1) is 13.8. The molecule has 2 rings (SSSR count). The molecule has 0 aromatic rings. The van der Waals surface area contributed by atoms with E-state index in [1.807, 2.05) is 11.8 Å². The standard InChI is InChI=1S/C14H26N2O2/c1-13(2)11-15(8-6-14(13,3)18)9-10-16-7-4-5-12(16)17/h18H,4-11H2,1-3H3/t14-/m0/s1. The number of aliphatic hydroxyl groups is 1. The molecule has 0 unspecified atom stereocenters. The highest BCUT2D eigenvalue weighted by molar-refractivity contribution is 5.78. The maximum absolute atomic E-state index is 11.5. The Morgan fingerprint density at radius 1 is 1.22 bits per heavy atom. The van der Waals surface area contributed by atoms with Gasteiger partial charge in [-0.1, -0.05) is 13.8 Å². The minimum atomic E-state index is -0.576. The fourth-order valence-corrected chi connectivity index (χ4v) is 2.92. The van der Waals surface area contributed by atoms with Crippen LogP contribution in [0.2, 0.25) is 0 Å². The van der Waals surface area contributed by atoms with E-state index < -0.39 is 5.60 Å². The molecule has 2 aliphatic heterocycles. The van der Waals surface area contributed by atoms with Gasteiger partial charge >= 0.3 is 0 Å². The van der Waals surface area contributed by atoms with Crippen LogP contribution in [0.4, 0.5) is 0 Å². The fourth-order valence-electron chi connectivity index (χ4n) is 2.92. The van der Waals surface area contributed by atoms with Crippen molar-refractivity contribution in [2.75, 3.05) is 32.7 Å². The van der Waals surface area contributed by atoms with Gasteiger partial charge < -0.3 is 14.9 Å². The molecule has 18 heavy (non-hydrogen) atoms. The molecule has 1 atom stereocenters. The van der Waals surface area contributed by atoms with Crippen LogP contribution in [0.1, 0.15) is 40.0 Å². The van der Waals surface area contributed by atoms with Crippen molar-refractivity contribution >= 4 is 5.91 Å². The van der Waals surface area contributed by atoms with E-state index in [4.69, 9.17) is 0 Å². The third-order valence-electron chi connectivity index (χ3n) is 4.85. The summed E-state index contributed by atoms with van der Waals surface area (Å²) < 4.78 is 0. The van der Waals surface area contributed by atoms with Crippen LogP contribution in [-0.4, -0.2) is 59.1 Å². The van der Waals surface area contributed by atoms with Crippen LogP contribution in [-0.2, 0) is 4.79 Å². The Hall–Kier alpha value is -0.610. The van der Waals surface area contributed by atoms with Crippen LogP contribution in [0.3, 0.4) is 0 Å². The Bertz CT molecular complexity index is 326. The van der Waals surface area contributed by atoms with E-state index in [0.29, 0.717) is 5.91 Å². The highest BCUT2D eigenvalue weighted by Gasteiger charge is 2.43. The summed E-state index contributed by atoms with van der Waals surface area (Å²) in [6.07, 6.45) is 2.55. The van der Waals surface area contributed by atoms with E-state index in [0.717, 1.165) is 52.0 Å². The Labute approximate surface area is 110 Å². The van der Waals surface area contributed by atoms with Gasteiger partial charge in [-0.15, -0.1) is 0 Å². The van der Waals surface area contributed by atoms with Crippen LogP contribution in [0.15, 0.2) is 0 Å². The van der Waals surface area contributed by atoms with Gasteiger partial charge in [-0.2, -0.15) is 0 Å². The molecule has 0 saturated carbocycles. The lowest BCUT2D eigenvalue weighted by molar-refractivity contribution is -0.129. The molecule has 2 aliphatic rings. The third kappa shape index (κ3) is 2.69. The van der Waals surface area contributed by atoms with Gasteiger partial charge in [0, 0.05) is 44.6 Å². The highest BCUT2D eigenvalue weighted by Crippen LogP contribution is 2.37. The topological polar surface area (TPSA) is 43.8 Å². The van der Waals surface area contributed by atoms with E-state index in [2.05, 4.69) is 18.7 Å². The van der Waals surface area contributed by atoms with Crippen LogP contribution in [0, 0.1) is 5.41 Å². The summed E-state index contributed by atoms with van der Waals surface area (Å²) in [6, 6.07) is 0. The Morgan fingerprint density at radius 2 is 1.94 bits per heavy atom. The molecule has 4 heteroatoms. The second kappa shape index (κ2) is 4.82. The first-order chi connectivity index (χ1) is 8.32. The van der Waals surface area contributed by atoms with Gasteiger partial charge in [0.25, 0.3) is 0 Å². The Kier molecular flexibility index (Phi) is 3.70. The lowest BCUT2D eigenvalue weighted by Gasteiger charge is -2.48. The highest BCUT2D eigenvalue weighted by atomic mass is 16.3. The quantitative estimate of drug-likeness (QED) is 0.820. The van der Waals surface area contributed by atoms with Crippen LogP contribution >= 0.6 is 0 Å². The SMILES string of the molecule is CC1(C)CN(CCN2CCCC2=O)CC[C@]1(C)O. The summed E-state index contributed by atoms with van der Waals surface area (Å²) in [5, 5.41) is 10.4. The van der Waals surface area contributed by atoms with Crippen molar-refractivity contribution in [2.24, 2.45) is 5.41 Å². The number of amides is 1. The number of nitrogens with zero attached hydrogens (tertiary/aromatic N) is 2. The fraction of sp³-hybridized carbons (Fsp3) is 0.929. The van der Waals surface area contributed by atoms with E-state index in [1.165, 1.54) is 0 Å². The van der Waals surface area contributed by atoms with Crippen molar-refractivity contribution in [3.8, 4) is 0 Å². The zero-order valence-electron chi connectivity index (χ0n) is 11.9. The first-order valence-corrected chi connectivity index (χ1v) is 7.04. The maximum Gasteiger partial charge on any atom is 0.222 e. The molecule has 0 aromatic carbocycles. The molecule has 2 fully saturated rings. The summed E-state index contributed by atoms with van der Waals surface area (Å²) in [5.74, 6) is 0.304. The monoisotopic (exact) mass is 254 g/mol. The number of rotatable bonds is 3. The molecule has 0 aromatic heterocycles. The average molecular weight is 254 g/mol. The van der Waals surface area contributed by atoms with Gasteiger partial charge in [-0.25, -0.2) is 0 Å². The van der Waals surface area contributed by atoms with Gasteiger partial charge in [0.2, 0.25) is 5.91 Å². The lowest BCUT2D eigenvalue weighted by atomic mass is 9.71. The van der Waals surface area contributed by atoms with Crippen molar-refractivity contribution in [3.05, 3.63) is 0 Å². The van der Waals surface area contributed by atoms with Crippen molar-refractivity contribution in [3.63, 3.8) is 0 Å². The van der Waals surface area contributed by atoms with Crippen molar-refractivity contribution in [1.82, 2.24) is 9.80 Å². The molecule has 0 aliphatic carbocycles. The predicted molar refractivity (Wildman–Crippen MR) is 71.3 cm³/mol. The molecule has 2 heterocycles. The van der Waals surface area contributed by atoms with Gasteiger partial charge in [0.1, 0.15) is 0 Å². The summed E-state index contributed by atoms with van der Waals surface area (Å²) in [5.41, 5.74) is -0.659. The van der Waals surface area contributed by atoms with Gasteiger partial charge in [-0.3, -0.25) is 4.79 Å². The molecule has 4 nitrogen and oxygen atoms in total. The average Bonchev–Trinajstić information content (AvgIpc) is 2.66. The van der Waals surface area contributed by atoms with Crippen molar-refractivity contribution < 1.29 is 9.90 Å². The number of piperidine rings is 1. The van der Waals surface area contributed by atoms with Gasteiger partial charge in [-0.05, 0) is 19.8 Å². The van der Waals surface area contributed by atoms with Crippen molar-refractivity contribution in [2.45, 2.75) is 45.6 Å². The summed E-state index contributed by atoms with van der Waals surface area (Å²) >= 11 is 0. The zero-order chi connectivity index (χ0) is 13.4. The summed E-state index contributed by atoms with van der Waals surface area (Å²) in [6.45, 7) is 10.7. The van der Waals surface area contributed by atoms with Crippen molar-refractivity contribution in [1.29, 1.82) is 0 Å². The number of likely N-dealkylation sites (tertiary alicyclic amines) is 2. The molecule has 1 N–H and O–H groups in total. The van der Waals surface area contributed by atoms with Crippen LogP contribution < -0.4 is 0 Å². The van der Waals surface area contributed by atoms with Gasteiger partial charge in [0.15, 0.2) is 0 Å². The second-order valence-electron chi connectivity index (χ2n) is 6.67. The molecule has 0 radical (unpaired) electrons. The molecule has 0 spiro atoms. The van der Waals surface area contributed by atoms with Crippen LogP contribution in [0.25, 0.3) is 0 Å². The molecule has 0 bridgehead atoms. The number of hydrogen-bond acceptors (Lipinski definition) is 3. The minimum absolute atomic E-state index is 0.0831. The van der Waals surface area contributed by atoms with Crippen LogP contribution in [0.5, 0.6) is 0 Å².